The summed E-state index contributed by atoms with van der Waals surface area (Å²) in [6.07, 6.45) is 5.28. The lowest BCUT2D eigenvalue weighted by Gasteiger charge is -2.29. The van der Waals surface area contributed by atoms with Crippen LogP contribution in [0.15, 0.2) is 42.7 Å². The van der Waals surface area contributed by atoms with E-state index in [2.05, 4.69) is 14.9 Å². The summed E-state index contributed by atoms with van der Waals surface area (Å²) >= 11 is 6.27. The maximum absolute atomic E-state index is 13.7. The molecule has 6 heteroatoms. The van der Waals surface area contributed by atoms with E-state index < -0.39 is 0 Å². The van der Waals surface area contributed by atoms with Crippen LogP contribution in [0.3, 0.4) is 0 Å². The Bertz CT molecular complexity index is 942. The fourth-order valence-electron chi connectivity index (χ4n) is 3.93. The Hall–Kier alpha value is -1.95. The minimum absolute atomic E-state index is 0.158. The average Bonchev–Trinajstić information content (AvgIpc) is 3.05. The van der Waals surface area contributed by atoms with Gasteiger partial charge in [-0.1, -0.05) is 23.7 Å². The van der Waals surface area contributed by atoms with E-state index in [9.17, 15) is 9.50 Å². The monoisotopic (exact) mass is 387 g/mol. The highest BCUT2D eigenvalue weighted by molar-refractivity contribution is 6.31. The second kappa shape index (κ2) is 7.97. The first-order valence-electron chi connectivity index (χ1n) is 9.43. The average molecular weight is 388 g/mol. The van der Waals surface area contributed by atoms with Crippen molar-refractivity contribution in [3.05, 3.63) is 53.6 Å². The lowest BCUT2D eigenvalue weighted by Crippen LogP contribution is -2.44. The molecule has 1 fully saturated rings. The van der Waals surface area contributed by atoms with Crippen molar-refractivity contribution in [1.29, 1.82) is 0 Å². The van der Waals surface area contributed by atoms with E-state index in [0.29, 0.717) is 5.02 Å². The fraction of sp³-hybridized carbons (Fsp3) is 0.381. The maximum Gasteiger partial charge on any atom is 0.123 e. The van der Waals surface area contributed by atoms with Crippen molar-refractivity contribution < 1.29 is 9.50 Å². The molecule has 2 heterocycles. The summed E-state index contributed by atoms with van der Waals surface area (Å²) < 4.78 is 15.8. The van der Waals surface area contributed by atoms with Gasteiger partial charge in [-0.05, 0) is 62.1 Å². The number of imidazole rings is 1. The maximum atomic E-state index is 13.7. The van der Waals surface area contributed by atoms with Gasteiger partial charge in [0.2, 0.25) is 0 Å². The molecule has 4 nitrogen and oxygen atoms in total. The van der Waals surface area contributed by atoms with Crippen LogP contribution < -0.4 is 5.32 Å². The molecule has 1 aromatic heterocycles. The third-order valence-corrected chi connectivity index (χ3v) is 5.49. The molecule has 2 atom stereocenters. The number of benzene rings is 2. The Morgan fingerprint density at radius 2 is 2.19 bits per heavy atom. The first kappa shape index (κ1) is 18.4. The largest absolute Gasteiger partial charge is 0.392 e. The summed E-state index contributed by atoms with van der Waals surface area (Å²) in [5, 5.41) is 14.1. The van der Waals surface area contributed by atoms with Gasteiger partial charge >= 0.3 is 0 Å². The van der Waals surface area contributed by atoms with E-state index in [-0.39, 0.29) is 18.0 Å². The predicted octanol–water partition coefficient (Wildman–Crippen LogP) is 4.39. The zero-order valence-electron chi connectivity index (χ0n) is 15.0. The zero-order chi connectivity index (χ0) is 18.8. The van der Waals surface area contributed by atoms with Gasteiger partial charge in [-0.15, -0.1) is 0 Å². The van der Waals surface area contributed by atoms with E-state index in [1.54, 1.807) is 6.07 Å². The Kier molecular flexibility index (Phi) is 5.43. The summed E-state index contributed by atoms with van der Waals surface area (Å²) in [6.45, 7) is 1.75. The number of fused-ring (bicyclic) bond motifs is 1. The van der Waals surface area contributed by atoms with E-state index >= 15 is 0 Å². The van der Waals surface area contributed by atoms with E-state index in [1.165, 1.54) is 12.1 Å². The van der Waals surface area contributed by atoms with Gasteiger partial charge in [0.15, 0.2) is 0 Å². The first-order valence-corrected chi connectivity index (χ1v) is 9.81. The number of nitrogens with one attached hydrogen (secondary N) is 1. The number of aromatic nitrogens is 2. The smallest absolute Gasteiger partial charge is 0.123 e. The molecule has 4 rings (SSSR count). The van der Waals surface area contributed by atoms with Crippen molar-refractivity contribution in [3.8, 4) is 11.1 Å². The summed E-state index contributed by atoms with van der Waals surface area (Å²) in [5.41, 5.74) is 3.43. The van der Waals surface area contributed by atoms with Crippen LogP contribution >= 0.6 is 11.6 Å². The van der Waals surface area contributed by atoms with Gasteiger partial charge in [0.25, 0.3) is 0 Å². The molecule has 142 valence electrons. The van der Waals surface area contributed by atoms with E-state index in [0.717, 1.165) is 60.9 Å². The first-order chi connectivity index (χ1) is 13.1. The molecule has 1 aliphatic heterocycles. The van der Waals surface area contributed by atoms with Gasteiger partial charge < -0.3 is 15.0 Å². The van der Waals surface area contributed by atoms with Crippen LogP contribution in [0.1, 0.15) is 25.7 Å². The van der Waals surface area contributed by atoms with Gasteiger partial charge in [-0.2, -0.15) is 0 Å². The van der Waals surface area contributed by atoms with Crippen LogP contribution in [0, 0.1) is 5.82 Å². The molecular formula is C21H23ClFN3O. The number of piperidine rings is 1. The molecule has 1 aliphatic rings. The highest BCUT2D eigenvalue weighted by atomic mass is 35.5. The van der Waals surface area contributed by atoms with Crippen molar-refractivity contribution >= 4 is 22.6 Å². The normalized spacial score (nSPS) is 20.3. The highest BCUT2D eigenvalue weighted by Gasteiger charge is 2.22. The summed E-state index contributed by atoms with van der Waals surface area (Å²) in [6, 6.07) is 10.4. The van der Waals surface area contributed by atoms with Crippen molar-refractivity contribution in [3.63, 3.8) is 0 Å². The highest BCUT2D eigenvalue weighted by Crippen LogP contribution is 2.32. The molecule has 0 radical (unpaired) electrons. The van der Waals surface area contributed by atoms with Crippen LogP contribution in [0.2, 0.25) is 5.02 Å². The lowest BCUT2D eigenvalue weighted by atomic mass is 9.97. The Labute approximate surface area is 163 Å². The molecule has 2 aromatic carbocycles. The molecule has 27 heavy (non-hydrogen) atoms. The minimum atomic E-state index is -0.274. The summed E-state index contributed by atoms with van der Waals surface area (Å²) in [5.74, 6) is -0.274. The number of aliphatic hydroxyl groups is 1. The summed E-state index contributed by atoms with van der Waals surface area (Å²) in [4.78, 5) is 4.49. The van der Waals surface area contributed by atoms with Crippen molar-refractivity contribution in [2.24, 2.45) is 0 Å². The molecule has 0 bridgehead atoms. The number of nitrogens with zero attached hydrogens (tertiary/aromatic N) is 2. The van der Waals surface area contributed by atoms with Crippen molar-refractivity contribution in [2.45, 2.75) is 44.4 Å². The Balaban J connectivity index is 1.60. The van der Waals surface area contributed by atoms with Crippen molar-refractivity contribution in [2.75, 3.05) is 6.54 Å². The van der Waals surface area contributed by atoms with Gasteiger partial charge in [-0.3, -0.25) is 0 Å². The van der Waals surface area contributed by atoms with Crippen LogP contribution in [-0.2, 0) is 6.54 Å². The lowest BCUT2D eigenvalue weighted by molar-refractivity contribution is 0.0909. The Morgan fingerprint density at radius 3 is 3.00 bits per heavy atom. The molecule has 2 unspecified atom stereocenters. The number of aryl methyl sites for hydroxylation is 1. The Morgan fingerprint density at radius 1 is 1.30 bits per heavy atom. The van der Waals surface area contributed by atoms with Gasteiger partial charge in [0, 0.05) is 23.2 Å². The minimum Gasteiger partial charge on any atom is -0.392 e. The molecule has 0 aliphatic carbocycles. The van der Waals surface area contributed by atoms with Crippen LogP contribution in [-0.4, -0.2) is 33.3 Å². The third kappa shape index (κ3) is 4.00. The predicted molar refractivity (Wildman–Crippen MR) is 106 cm³/mol. The fourth-order valence-corrected chi connectivity index (χ4v) is 4.14. The number of hydrogen-bond donors (Lipinski definition) is 2. The van der Waals surface area contributed by atoms with Crippen LogP contribution in [0.5, 0.6) is 0 Å². The molecule has 0 amide bonds. The SMILES string of the molecule is OC1CCCNC1CCCn1cnc2cc(Cl)cc(-c3cccc(F)c3)c21. The van der Waals surface area contributed by atoms with Crippen LogP contribution in [0.4, 0.5) is 4.39 Å². The molecular weight excluding hydrogens is 365 g/mol. The number of rotatable bonds is 5. The quantitative estimate of drug-likeness (QED) is 0.682. The second-order valence-corrected chi connectivity index (χ2v) is 7.62. The van der Waals surface area contributed by atoms with Gasteiger partial charge in [-0.25, -0.2) is 9.37 Å². The van der Waals surface area contributed by atoms with Crippen molar-refractivity contribution in [1.82, 2.24) is 14.9 Å². The molecule has 0 spiro atoms. The number of halogens is 2. The standard InChI is InChI=1S/C21H23ClFN3O/c22-15-11-17(14-4-1-5-16(23)10-14)21-19(12-15)25-13-26(21)9-3-6-18-20(27)7-2-8-24-18/h1,4-5,10-13,18,20,24,27H,2-3,6-9H2. The number of aliphatic hydroxyl groups excluding tert-OH is 1. The topological polar surface area (TPSA) is 50.1 Å². The van der Waals surface area contributed by atoms with Gasteiger partial charge in [0.1, 0.15) is 5.82 Å². The molecule has 2 N–H and O–H groups in total. The third-order valence-electron chi connectivity index (χ3n) is 5.28. The number of hydrogen-bond acceptors (Lipinski definition) is 3. The molecule has 0 saturated carbocycles. The molecule has 1 saturated heterocycles. The van der Waals surface area contributed by atoms with E-state index in [4.69, 9.17) is 11.6 Å². The van der Waals surface area contributed by atoms with Crippen LogP contribution in [0.25, 0.3) is 22.2 Å². The van der Waals surface area contributed by atoms with Gasteiger partial charge in [0.05, 0.1) is 23.5 Å². The second-order valence-electron chi connectivity index (χ2n) is 7.18. The van der Waals surface area contributed by atoms with E-state index in [1.807, 2.05) is 24.5 Å². The molecule has 3 aromatic rings. The summed E-state index contributed by atoms with van der Waals surface area (Å²) in [7, 11) is 0. The zero-order valence-corrected chi connectivity index (χ0v) is 15.8.